The van der Waals surface area contributed by atoms with E-state index in [9.17, 15) is 4.79 Å². The maximum atomic E-state index is 12.3. The lowest BCUT2D eigenvalue weighted by atomic mass is 10.1. The molecule has 0 aliphatic heterocycles. The first-order valence-electron chi connectivity index (χ1n) is 7.61. The minimum atomic E-state index is -0.205. The molecular formula is C16H21ClN2O3. The number of ether oxygens (including phenoxy) is 2. The van der Waals surface area contributed by atoms with E-state index in [2.05, 4.69) is 10.6 Å². The SMILES string of the molecule is COc1cc(OC)c(NC(=O)NC(C2CC2)C2CC2)cc1Cl. The Morgan fingerprint density at radius 3 is 2.23 bits per heavy atom. The Labute approximate surface area is 135 Å². The van der Waals surface area contributed by atoms with E-state index >= 15 is 0 Å². The third-order valence-electron chi connectivity index (χ3n) is 4.28. The summed E-state index contributed by atoms with van der Waals surface area (Å²) in [4.78, 5) is 12.3. The number of nitrogens with one attached hydrogen (secondary N) is 2. The van der Waals surface area contributed by atoms with E-state index in [0.29, 0.717) is 40.1 Å². The molecule has 2 N–H and O–H groups in total. The Morgan fingerprint density at radius 2 is 1.73 bits per heavy atom. The van der Waals surface area contributed by atoms with Gasteiger partial charge in [-0.25, -0.2) is 4.79 Å². The average molecular weight is 325 g/mol. The second-order valence-electron chi connectivity index (χ2n) is 5.99. The first-order chi connectivity index (χ1) is 10.6. The van der Waals surface area contributed by atoms with E-state index in [-0.39, 0.29) is 6.03 Å². The zero-order valence-electron chi connectivity index (χ0n) is 12.8. The lowest BCUT2D eigenvalue weighted by Crippen LogP contribution is -2.40. The highest BCUT2D eigenvalue weighted by Crippen LogP contribution is 2.44. The van der Waals surface area contributed by atoms with Gasteiger partial charge in [-0.15, -0.1) is 0 Å². The highest BCUT2D eigenvalue weighted by molar-refractivity contribution is 6.32. The maximum Gasteiger partial charge on any atom is 0.319 e. The smallest absolute Gasteiger partial charge is 0.319 e. The number of hydrogen-bond acceptors (Lipinski definition) is 3. The van der Waals surface area contributed by atoms with E-state index in [1.54, 1.807) is 19.2 Å². The van der Waals surface area contributed by atoms with Crippen molar-refractivity contribution >= 4 is 23.3 Å². The second-order valence-corrected chi connectivity index (χ2v) is 6.39. The molecule has 0 heterocycles. The number of carbonyl (C=O) groups is 1. The van der Waals surface area contributed by atoms with Gasteiger partial charge in [0, 0.05) is 12.1 Å². The molecule has 120 valence electrons. The van der Waals surface area contributed by atoms with Crippen molar-refractivity contribution in [2.24, 2.45) is 11.8 Å². The number of urea groups is 1. The van der Waals surface area contributed by atoms with Crippen LogP contribution in [-0.4, -0.2) is 26.3 Å². The highest BCUT2D eigenvalue weighted by atomic mass is 35.5. The van der Waals surface area contributed by atoms with Crippen LogP contribution in [0.15, 0.2) is 12.1 Å². The zero-order chi connectivity index (χ0) is 15.7. The molecule has 0 spiro atoms. The largest absolute Gasteiger partial charge is 0.495 e. The lowest BCUT2D eigenvalue weighted by Gasteiger charge is -2.19. The van der Waals surface area contributed by atoms with Gasteiger partial charge in [0.15, 0.2) is 0 Å². The molecule has 0 aromatic heterocycles. The summed E-state index contributed by atoms with van der Waals surface area (Å²) in [5.74, 6) is 2.34. The summed E-state index contributed by atoms with van der Waals surface area (Å²) in [5.41, 5.74) is 0.538. The molecule has 2 amide bonds. The van der Waals surface area contributed by atoms with E-state index < -0.39 is 0 Å². The van der Waals surface area contributed by atoms with Crippen molar-refractivity contribution in [3.05, 3.63) is 17.2 Å². The molecule has 0 radical (unpaired) electrons. The Hall–Kier alpha value is -1.62. The molecule has 0 bridgehead atoms. The molecule has 2 aliphatic rings. The maximum absolute atomic E-state index is 12.3. The van der Waals surface area contributed by atoms with Crippen LogP contribution in [0.4, 0.5) is 10.5 Å². The average Bonchev–Trinajstić information content (AvgIpc) is 3.39. The summed E-state index contributed by atoms with van der Waals surface area (Å²) in [5, 5.41) is 6.37. The standard InChI is InChI=1S/C16H21ClN2O3/c1-21-13-8-14(22-2)12(7-11(13)17)18-16(20)19-15(9-3-4-9)10-5-6-10/h7-10,15H,3-6H2,1-2H3,(H2,18,19,20). The van der Waals surface area contributed by atoms with Crippen LogP contribution in [0.5, 0.6) is 11.5 Å². The monoisotopic (exact) mass is 324 g/mol. The van der Waals surface area contributed by atoms with Crippen molar-refractivity contribution in [1.82, 2.24) is 5.32 Å². The Bertz CT molecular complexity index is 559. The molecule has 1 aromatic carbocycles. The molecule has 1 aromatic rings. The predicted octanol–water partition coefficient (Wildman–Crippen LogP) is 3.67. The van der Waals surface area contributed by atoms with E-state index in [1.165, 1.54) is 32.8 Å². The van der Waals surface area contributed by atoms with Crippen LogP contribution >= 0.6 is 11.6 Å². The summed E-state index contributed by atoms with van der Waals surface area (Å²) in [6, 6.07) is 3.40. The van der Waals surface area contributed by atoms with Crippen LogP contribution in [0.2, 0.25) is 5.02 Å². The fourth-order valence-electron chi connectivity index (χ4n) is 2.80. The van der Waals surface area contributed by atoms with Crippen molar-refractivity contribution in [2.75, 3.05) is 19.5 Å². The molecule has 3 rings (SSSR count). The third-order valence-corrected chi connectivity index (χ3v) is 4.58. The molecule has 5 nitrogen and oxygen atoms in total. The number of methoxy groups -OCH3 is 2. The number of benzene rings is 1. The molecule has 0 unspecified atom stereocenters. The second kappa shape index (κ2) is 6.24. The first kappa shape index (κ1) is 15.3. The molecule has 2 aliphatic carbocycles. The molecule has 2 fully saturated rings. The minimum Gasteiger partial charge on any atom is -0.495 e. The van der Waals surface area contributed by atoms with Gasteiger partial charge in [0.25, 0.3) is 0 Å². The normalized spacial score (nSPS) is 17.3. The topological polar surface area (TPSA) is 59.6 Å². The highest BCUT2D eigenvalue weighted by Gasteiger charge is 2.42. The fourth-order valence-corrected chi connectivity index (χ4v) is 3.04. The molecule has 22 heavy (non-hydrogen) atoms. The number of halogens is 1. The van der Waals surface area contributed by atoms with Crippen molar-refractivity contribution in [1.29, 1.82) is 0 Å². The van der Waals surface area contributed by atoms with Crippen molar-refractivity contribution in [3.8, 4) is 11.5 Å². The first-order valence-corrected chi connectivity index (χ1v) is 7.99. The van der Waals surface area contributed by atoms with Gasteiger partial charge in [0.05, 0.1) is 24.9 Å². The zero-order valence-corrected chi connectivity index (χ0v) is 13.6. The van der Waals surface area contributed by atoms with E-state index in [0.717, 1.165) is 0 Å². The van der Waals surface area contributed by atoms with Crippen LogP contribution in [-0.2, 0) is 0 Å². The van der Waals surface area contributed by atoms with Gasteiger partial charge in [-0.05, 0) is 43.6 Å². The Morgan fingerprint density at radius 1 is 1.14 bits per heavy atom. The number of hydrogen-bond donors (Lipinski definition) is 2. The number of amides is 2. The number of anilines is 1. The summed E-state index contributed by atoms with van der Waals surface area (Å²) in [6.45, 7) is 0. The van der Waals surface area contributed by atoms with Crippen LogP contribution in [0, 0.1) is 11.8 Å². The van der Waals surface area contributed by atoms with Crippen LogP contribution < -0.4 is 20.1 Å². The van der Waals surface area contributed by atoms with Crippen LogP contribution in [0.1, 0.15) is 25.7 Å². The number of carbonyl (C=O) groups excluding carboxylic acids is 1. The van der Waals surface area contributed by atoms with Crippen LogP contribution in [0.25, 0.3) is 0 Å². The van der Waals surface area contributed by atoms with Gasteiger partial charge in [0.2, 0.25) is 0 Å². The fraction of sp³-hybridized carbons (Fsp3) is 0.562. The molecule has 6 heteroatoms. The predicted molar refractivity (Wildman–Crippen MR) is 85.9 cm³/mol. The third kappa shape index (κ3) is 3.40. The van der Waals surface area contributed by atoms with Crippen molar-refractivity contribution < 1.29 is 14.3 Å². The van der Waals surface area contributed by atoms with Gasteiger partial charge < -0.3 is 20.1 Å². The summed E-state index contributed by atoms with van der Waals surface area (Å²) < 4.78 is 10.4. The number of rotatable bonds is 6. The van der Waals surface area contributed by atoms with E-state index in [1.807, 2.05) is 0 Å². The van der Waals surface area contributed by atoms with Gasteiger partial charge >= 0.3 is 6.03 Å². The molecule has 0 atom stereocenters. The van der Waals surface area contributed by atoms with Gasteiger partial charge in [-0.2, -0.15) is 0 Å². The minimum absolute atomic E-state index is 0.205. The van der Waals surface area contributed by atoms with Gasteiger partial charge in [0.1, 0.15) is 11.5 Å². The van der Waals surface area contributed by atoms with Crippen molar-refractivity contribution in [2.45, 2.75) is 31.7 Å². The Balaban J connectivity index is 1.68. The van der Waals surface area contributed by atoms with Gasteiger partial charge in [-0.3, -0.25) is 0 Å². The molecule has 2 saturated carbocycles. The molecular weight excluding hydrogens is 304 g/mol. The van der Waals surface area contributed by atoms with Crippen LogP contribution in [0.3, 0.4) is 0 Å². The Kier molecular flexibility index (Phi) is 4.34. The van der Waals surface area contributed by atoms with Gasteiger partial charge in [-0.1, -0.05) is 11.6 Å². The van der Waals surface area contributed by atoms with E-state index in [4.69, 9.17) is 21.1 Å². The molecule has 0 saturated heterocycles. The quantitative estimate of drug-likeness (QED) is 0.839. The summed E-state index contributed by atoms with van der Waals surface area (Å²) in [6.07, 6.45) is 4.89. The lowest BCUT2D eigenvalue weighted by molar-refractivity contribution is 0.244. The summed E-state index contributed by atoms with van der Waals surface area (Å²) >= 11 is 6.12. The summed E-state index contributed by atoms with van der Waals surface area (Å²) in [7, 11) is 3.08. The van der Waals surface area contributed by atoms with Crippen molar-refractivity contribution in [3.63, 3.8) is 0 Å².